The topological polar surface area (TPSA) is 70.2 Å². The summed E-state index contributed by atoms with van der Waals surface area (Å²) in [5, 5.41) is 19.7. The average molecular weight is 312 g/mol. The van der Waals surface area contributed by atoms with Gasteiger partial charge in [-0.3, -0.25) is 10.1 Å². The molecule has 0 unspecified atom stereocenters. The third-order valence-corrected chi connectivity index (χ3v) is 3.02. The summed E-state index contributed by atoms with van der Waals surface area (Å²) in [7, 11) is 0. The zero-order chi connectivity index (χ0) is 13.7. The van der Waals surface area contributed by atoms with Crippen LogP contribution in [0.4, 0.5) is 11.4 Å². The van der Waals surface area contributed by atoms with Gasteiger partial charge in [-0.05, 0) is 26.0 Å². The van der Waals surface area contributed by atoms with Gasteiger partial charge in [-0.1, -0.05) is 15.9 Å². The number of nitro groups is 1. The van der Waals surface area contributed by atoms with E-state index in [2.05, 4.69) is 22.0 Å². The van der Waals surface area contributed by atoms with Gasteiger partial charge in [0.25, 0.3) is 5.69 Å². The molecule has 5 nitrogen and oxygen atoms in total. The van der Waals surface area contributed by atoms with Crippen LogP contribution in [0.2, 0.25) is 0 Å². The fourth-order valence-electron chi connectivity index (χ4n) is 1.71. The molecule has 0 aromatic heterocycles. The van der Waals surface area contributed by atoms with E-state index in [1.54, 1.807) is 12.1 Å². The van der Waals surface area contributed by atoms with Crippen molar-refractivity contribution in [3.05, 3.63) is 32.8 Å². The molecule has 0 aliphatic heterocycles. The summed E-state index contributed by atoms with van der Waals surface area (Å²) in [5.41, 5.74) is 0.601. The molecular formula is C12H14BrN3O2. The minimum absolute atomic E-state index is 0.0600. The molecule has 0 saturated carbocycles. The summed E-state index contributed by atoms with van der Waals surface area (Å²) < 4.78 is 0.783. The number of anilines is 1. The number of nitrogens with zero attached hydrogens (tertiary/aromatic N) is 3. The number of benzene rings is 1. The smallest absolute Gasteiger partial charge is 0.292 e. The highest BCUT2D eigenvalue weighted by molar-refractivity contribution is 9.10. The summed E-state index contributed by atoms with van der Waals surface area (Å²) >= 11 is 3.32. The second kappa shape index (κ2) is 6.36. The molecule has 0 amide bonds. The quantitative estimate of drug-likeness (QED) is 0.616. The van der Waals surface area contributed by atoms with Crippen LogP contribution in [0.5, 0.6) is 0 Å². The maximum absolute atomic E-state index is 11.0. The van der Waals surface area contributed by atoms with Crippen LogP contribution >= 0.6 is 15.9 Å². The Morgan fingerprint density at radius 2 is 2.22 bits per heavy atom. The van der Waals surface area contributed by atoms with Crippen molar-refractivity contribution in [3.8, 4) is 6.07 Å². The summed E-state index contributed by atoms with van der Waals surface area (Å²) in [4.78, 5) is 12.5. The van der Waals surface area contributed by atoms with Crippen LogP contribution in [-0.2, 0) is 0 Å². The van der Waals surface area contributed by atoms with Gasteiger partial charge in [0.2, 0.25) is 0 Å². The van der Waals surface area contributed by atoms with Crippen LogP contribution < -0.4 is 4.90 Å². The Labute approximate surface area is 114 Å². The molecule has 0 bridgehead atoms. The molecular weight excluding hydrogens is 298 g/mol. The van der Waals surface area contributed by atoms with Gasteiger partial charge in [0.15, 0.2) is 0 Å². The first kappa shape index (κ1) is 14.5. The van der Waals surface area contributed by atoms with E-state index in [9.17, 15) is 10.1 Å². The van der Waals surface area contributed by atoms with Gasteiger partial charge < -0.3 is 4.90 Å². The number of nitro benzene ring substituents is 1. The summed E-state index contributed by atoms with van der Waals surface area (Å²) in [6, 6.07) is 6.99. The Kier molecular flexibility index (Phi) is 5.10. The van der Waals surface area contributed by atoms with Gasteiger partial charge in [0, 0.05) is 23.1 Å². The molecule has 1 aromatic carbocycles. The molecule has 0 N–H and O–H groups in total. The predicted octanol–water partition coefficient (Wildman–Crippen LogP) is 3.49. The minimum Gasteiger partial charge on any atom is -0.362 e. The number of nitriles is 1. The van der Waals surface area contributed by atoms with Gasteiger partial charge >= 0.3 is 0 Å². The lowest BCUT2D eigenvalue weighted by molar-refractivity contribution is -0.384. The molecule has 96 valence electrons. The van der Waals surface area contributed by atoms with Crippen molar-refractivity contribution in [1.29, 1.82) is 5.26 Å². The van der Waals surface area contributed by atoms with Crippen molar-refractivity contribution in [1.82, 2.24) is 0 Å². The first-order valence-corrected chi connectivity index (χ1v) is 6.34. The van der Waals surface area contributed by atoms with Gasteiger partial charge in [-0.25, -0.2) is 0 Å². The van der Waals surface area contributed by atoms with Crippen molar-refractivity contribution in [2.24, 2.45) is 0 Å². The van der Waals surface area contributed by atoms with Crippen molar-refractivity contribution < 1.29 is 4.92 Å². The molecule has 0 fully saturated rings. The van der Waals surface area contributed by atoms with E-state index in [1.807, 2.05) is 18.7 Å². The van der Waals surface area contributed by atoms with Crippen molar-refractivity contribution in [2.45, 2.75) is 26.3 Å². The first-order chi connectivity index (χ1) is 8.47. The predicted molar refractivity (Wildman–Crippen MR) is 73.5 cm³/mol. The molecule has 0 spiro atoms. The molecule has 0 aliphatic carbocycles. The lowest BCUT2D eigenvalue weighted by atomic mass is 10.2. The van der Waals surface area contributed by atoms with Gasteiger partial charge in [0.05, 0.1) is 17.4 Å². The Morgan fingerprint density at radius 1 is 1.56 bits per heavy atom. The van der Waals surface area contributed by atoms with E-state index in [0.29, 0.717) is 18.7 Å². The highest BCUT2D eigenvalue weighted by Gasteiger charge is 2.21. The lowest BCUT2D eigenvalue weighted by Gasteiger charge is -2.27. The van der Waals surface area contributed by atoms with Crippen LogP contribution in [0.25, 0.3) is 0 Å². The highest BCUT2D eigenvalue weighted by Crippen LogP contribution is 2.32. The monoisotopic (exact) mass is 311 g/mol. The van der Waals surface area contributed by atoms with Crippen LogP contribution in [-0.4, -0.2) is 17.5 Å². The fourth-order valence-corrected chi connectivity index (χ4v) is 2.06. The van der Waals surface area contributed by atoms with Gasteiger partial charge in [-0.15, -0.1) is 0 Å². The molecule has 1 rings (SSSR count). The number of rotatable bonds is 5. The van der Waals surface area contributed by atoms with Gasteiger partial charge in [-0.2, -0.15) is 5.26 Å². The third kappa shape index (κ3) is 3.44. The van der Waals surface area contributed by atoms with E-state index in [4.69, 9.17) is 5.26 Å². The van der Waals surface area contributed by atoms with Crippen LogP contribution in [0, 0.1) is 21.4 Å². The second-order valence-corrected chi connectivity index (χ2v) is 5.00. The van der Waals surface area contributed by atoms with E-state index < -0.39 is 4.92 Å². The zero-order valence-electron chi connectivity index (χ0n) is 10.3. The molecule has 0 aliphatic rings. The number of hydrogen-bond donors (Lipinski definition) is 0. The molecule has 18 heavy (non-hydrogen) atoms. The lowest BCUT2D eigenvalue weighted by Crippen LogP contribution is -2.32. The molecule has 0 atom stereocenters. The van der Waals surface area contributed by atoms with Gasteiger partial charge in [0.1, 0.15) is 5.69 Å². The van der Waals surface area contributed by atoms with Crippen molar-refractivity contribution in [3.63, 3.8) is 0 Å². The van der Waals surface area contributed by atoms with E-state index >= 15 is 0 Å². The van der Waals surface area contributed by atoms with Crippen LogP contribution in [0.15, 0.2) is 22.7 Å². The van der Waals surface area contributed by atoms with E-state index in [1.165, 1.54) is 6.07 Å². The van der Waals surface area contributed by atoms with Crippen LogP contribution in [0.3, 0.4) is 0 Å². The maximum atomic E-state index is 11.0. The summed E-state index contributed by atoms with van der Waals surface area (Å²) in [6.07, 6.45) is 0.335. The summed E-state index contributed by atoms with van der Waals surface area (Å²) in [6.45, 7) is 4.37. The SMILES string of the molecule is CC(C)N(CCC#N)c1cc(Br)ccc1[N+](=O)[O-]. The Morgan fingerprint density at radius 3 is 2.72 bits per heavy atom. The Bertz CT molecular complexity index is 483. The highest BCUT2D eigenvalue weighted by atomic mass is 79.9. The first-order valence-electron chi connectivity index (χ1n) is 5.55. The van der Waals surface area contributed by atoms with Crippen molar-refractivity contribution >= 4 is 27.3 Å². The molecule has 6 heteroatoms. The molecule has 0 heterocycles. The van der Waals surface area contributed by atoms with Crippen LogP contribution in [0.1, 0.15) is 20.3 Å². The maximum Gasteiger partial charge on any atom is 0.292 e. The molecule has 1 aromatic rings. The fraction of sp³-hybridized carbons (Fsp3) is 0.417. The minimum atomic E-state index is -0.399. The third-order valence-electron chi connectivity index (χ3n) is 2.53. The largest absolute Gasteiger partial charge is 0.362 e. The number of halogens is 1. The Hall–Kier alpha value is -1.61. The van der Waals surface area contributed by atoms with E-state index in [0.717, 1.165) is 4.47 Å². The average Bonchev–Trinajstić information content (AvgIpc) is 2.28. The second-order valence-electron chi connectivity index (χ2n) is 4.09. The normalized spacial score (nSPS) is 10.2. The number of hydrogen-bond acceptors (Lipinski definition) is 4. The molecule has 0 saturated heterocycles. The zero-order valence-corrected chi connectivity index (χ0v) is 11.8. The molecule has 0 radical (unpaired) electrons. The summed E-state index contributed by atoms with van der Waals surface area (Å²) in [5.74, 6) is 0. The van der Waals surface area contributed by atoms with Crippen molar-refractivity contribution in [2.75, 3.05) is 11.4 Å². The Balaban J connectivity index is 3.21. The standard InChI is InChI=1S/C12H14BrN3O2/c1-9(2)15(7-3-6-14)12-8-10(13)4-5-11(12)16(17)18/h4-5,8-9H,3,7H2,1-2H3. The van der Waals surface area contributed by atoms with E-state index in [-0.39, 0.29) is 11.7 Å².